The smallest absolute Gasteiger partial charge is 0.211 e. The maximum Gasteiger partial charge on any atom is 0.241 e. The molecule has 0 fully saturated rings. The number of halogens is 1. The first-order chi connectivity index (χ1) is 7.61. The summed E-state index contributed by atoms with van der Waals surface area (Å²) in [7, 11) is -3.57. The van der Waals surface area contributed by atoms with Crippen LogP contribution in [0.25, 0.3) is 0 Å². The Hall–Kier alpha value is -0.900. The van der Waals surface area contributed by atoms with E-state index in [4.69, 9.17) is 5.26 Å². The van der Waals surface area contributed by atoms with E-state index in [1.54, 1.807) is 12.1 Å². The first-order valence-electron chi connectivity index (χ1n) is 4.66. The van der Waals surface area contributed by atoms with Crippen molar-refractivity contribution in [3.05, 3.63) is 29.8 Å². The lowest BCUT2D eigenvalue weighted by Crippen LogP contribution is -2.25. The van der Waals surface area contributed by atoms with Crippen LogP contribution in [0.5, 0.6) is 0 Å². The van der Waals surface area contributed by atoms with Crippen molar-refractivity contribution >= 4 is 26.0 Å². The predicted molar refractivity (Wildman–Crippen MR) is 64.8 cm³/mol. The molecule has 1 aromatic rings. The number of nitriles is 1. The van der Waals surface area contributed by atoms with Crippen LogP contribution < -0.4 is 4.72 Å². The largest absolute Gasteiger partial charge is 0.241 e. The van der Waals surface area contributed by atoms with Gasteiger partial charge in [-0.3, -0.25) is 0 Å². The molecule has 0 radical (unpaired) electrons. The van der Waals surface area contributed by atoms with E-state index in [0.29, 0.717) is 13.0 Å². The maximum absolute atomic E-state index is 11.8. The lowest BCUT2D eigenvalue weighted by Gasteiger charge is -2.06. The van der Waals surface area contributed by atoms with Gasteiger partial charge in [-0.25, -0.2) is 13.1 Å². The molecule has 0 aliphatic rings. The van der Waals surface area contributed by atoms with Crippen molar-refractivity contribution in [1.82, 2.24) is 4.72 Å². The van der Waals surface area contributed by atoms with Crippen LogP contribution in [0.2, 0.25) is 0 Å². The van der Waals surface area contributed by atoms with Gasteiger partial charge in [0, 0.05) is 11.9 Å². The van der Waals surface area contributed by atoms with Gasteiger partial charge in [0.15, 0.2) is 0 Å². The van der Waals surface area contributed by atoms with Crippen molar-refractivity contribution in [2.75, 3.05) is 11.9 Å². The summed E-state index contributed by atoms with van der Waals surface area (Å²) in [6.07, 6.45) is 0.702. The fraction of sp³-hybridized carbons (Fsp3) is 0.300. The topological polar surface area (TPSA) is 70.0 Å². The van der Waals surface area contributed by atoms with Gasteiger partial charge in [0.25, 0.3) is 0 Å². The summed E-state index contributed by atoms with van der Waals surface area (Å²) in [5.41, 5.74) is 0.161. The third-order valence-corrected chi connectivity index (χ3v) is 3.98. The zero-order chi connectivity index (χ0) is 12.0. The lowest BCUT2D eigenvalue weighted by atomic mass is 10.2. The van der Waals surface area contributed by atoms with E-state index in [0.717, 1.165) is 5.33 Å². The Bertz CT molecular complexity index is 494. The van der Waals surface area contributed by atoms with Gasteiger partial charge in [0.2, 0.25) is 10.0 Å². The van der Waals surface area contributed by atoms with Gasteiger partial charge in [-0.05, 0) is 18.6 Å². The van der Waals surface area contributed by atoms with Crippen LogP contribution in [-0.4, -0.2) is 20.3 Å². The Morgan fingerprint density at radius 2 is 2.06 bits per heavy atom. The summed E-state index contributed by atoms with van der Waals surface area (Å²) >= 11 is 3.21. The van der Waals surface area contributed by atoms with Crippen LogP contribution in [0.1, 0.15) is 12.0 Å². The number of rotatable bonds is 5. The number of hydrogen-bond acceptors (Lipinski definition) is 3. The van der Waals surface area contributed by atoms with Gasteiger partial charge < -0.3 is 0 Å². The highest BCUT2D eigenvalue weighted by molar-refractivity contribution is 9.09. The number of benzene rings is 1. The molecular weight excluding hydrogens is 292 g/mol. The van der Waals surface area contributed by atoms with Crippen LogP contribution >= 0.6 is 15.9 Å². The molecule has 1 rings (SSSR count). The first kappa shape index (κ1) is 13.2. The van der Waals surface area contributed by atoms with E-state index in [-0.39, 0.29) is 10.5 Å². The fourth-order valence-corrected chi connectivity index (χ4v) is 2.65. The summed E-state index contributed by atoms with van der Waals surface area (Å²) in [4.78, 5) is 0.0343. The molecule has 16 heavy (non-hydrogen) atoms. The Morgan fingerprint density at radius 1 is 1.38 bits per heavy atom. The van der Waals surface area contributed by atoms with Gasteiger partial charge >= 0.3 is 0 Å². The molecule has 0 saturated carbocycles. The van der Waals surface area contributed by atoms with Crippen LogP contribution in [0.15, 0.2) is 29.2 Å². The van der Waals surface area contributed by atoms with Crippen molar-refractivity contribution in [2.24, 2.45) is 0 Å². The third-order valence-electron chi connectivity index (χ3n) is 1.90. The second-order valence-corrected chi connectivity index (χ2v) is 5.58. The molecule has 0 aliphatic heterocycles. The monoisotopic (exact) mass is 302 g/mol. The molecule has 0 bridgehead atoms. The van der Waals surface area contributed by atoms with Crippen LogP contribution in [-0.2, 0) is 10.0 Å². The summed E-state index contributed by atoms with van der Waals surface area (Å²) in [6, 6.07) is 8.01. The number of alkyl halides is 1. The minimum absolute atomic E-state index is 0.0343. The maximum atomic E-state index is 11.8. The predicted octanol–water partition coefficient (Wildman–Crippen LogP) is 1.62. The zero-order valence-corrected chi connectivity index (χ0v) is 10.9. The molecule has 0 aliphatic carbocycles. The molecule has 0 atom stereocenters. The zero-order valence-electron chi connectivity index (χ0n) is 8.48. The Labute approximate surface area is 103 Å². The second-order valence-electron chi connectivity index (χ2n) is 3.05. The fourth-order valence-electron chi connectivity index (χ4n) is 1.14. The Balaban J connectivity index is 2.95. The summed E-state index contributed by atoms with van der Waals surface area (Å²) in [6.45, 7) is 0.355. The average Bonchev–Trinajstić information content (AvgIpc) is 2.29. The van der Waals surface area contributed by atoms with Gasteiger partial charge in [-0.15, -0.1) is 0 Å². The van der Waals surface area contributed by atoms with Crippen LogP contribution in [0.4, 0.5) is 0 Å². The number of nitrogens with zero attached hydrogens (tertiary/aromatic N) is 1. The van der Waals surface area contributed by atoms with E-state index in [1.165, 1.54) is 12.1 Å². The van der Waals surface area contributed by atoms with E-state index in [9.17, 15) is 8.42 Å². The van der Waals surface area contributed by atoms with Crippen molar-refractivity contribution in [2.45, 2.75) is 11.3 Å². The minimum atomic E-state index is -3.57. The van der Waals surface area contributed by atoms with Crippen molar-refractivity contribution < 1.29 is 8.42 Å². The van der Waals surface area contributed by atoms with E-state index < -0.39 is 10.0 Å². The molecule has 6 heteroatoms. The van der Waals surface area contributed by atoms with Gasteiger partial charge in [-0.1, -0.05) is 28.1 Å². The Morgan fingerprint density at radius 3 is 2.69 bits per heavy atom. The summed E-state index contributed by atoms with van der Waals surface area (Å²) < 4.78 is 26.1. The van der Waals surface area contributed by atoms with Crippen LogP contribution in [0.3, 0.4) is 0 Å². The molecule has 0 saturated heterocycles. The molecular formula is C10H11BrN2O2S. The molecule has 1 aromatic carbocycles. The molecule has 86 valence electrons. The number of nitrogens with one attached hydrogen (secondary N) is 1. The Kier molecular flexibility index (Phi) is 4.93. The summed E-state index contributed by atoms with van der Waals surface area (Å²) in [5.74, 6) is 0. The quantitative estimate of drug-likeness (QED) is 0.664. The molecule has 0 unspecified atom stereocenters. The van der Waals surface area contributed by atoms with Crippen molar-refractivity contribution in [1.29, 1.82) is 5.26 Å². The lowest BCUT2D eigenvalue weighted by molar-refractivity contribution is 0.581. The number of hydrogen-bond donors (Lipinski definition) is 1. The van der Waals surface area contributed by atoms with Crippen molar-refractivity contribution in [3.63, 3.8) is 0 Å². The number of sulfonamides is 1. The normalized spacial score (nSPS) is 11.0. The third kappa shape index (κ3) is 3.30. The highest BCUT2D eigenvalue weighted by Gasteiger charge is 2.16. The molecule has 0 aromatic heterocycles. The summed E-state index contributed by atoms with van der Waals surface area (Å²) in [5, 5.41) is 9.54. The first-order valence-corrected chi connectivity index (χ1v) is 7.27. The molecule has 0 amide bonds. The van der Waals surface area contributed by atoms with E-state index in [2.05, 4.69) is 20.7 Å². The van der Waals surface area contributed by atoms with Crippen molar-refractivity contribution in [3.8, 4) is 6.07 Å². The molecule has 4 nitrogen and oxygen atoms in total. The van der Waals surface area contributed by atoms with Crippen LogP contribution in [0, 0.1) is 11.3 Å². The van der Waals surface area contributed by atoms with Gasteiger partial charge in [0.1, 0.15) is 6.07 Å². The average molecular weight is 303 g/mol. The second kappa shape index (κ2) is 5.99. The van der Waals surface area contributed by atoms with E-state index in [1.807, 2.05) is 6.07 Å². The molecule has 1 N–H and O–H groups in total. The SMILES string of the molecule is N#Cc1ccccc1S(=O)(=O)NCCCBr. The highest BCUT2D eigenvalue weighted by Crippen LogP contribution is 2.13. The van der Waals surface area contributed by atoms with Gasteiger partial charge in [-0.2, -0.15) is 5.26 Å². The molecule has 0 spiro atoms. The standard InChI is InChI=1S/C10H11BrN2O2S/c11-6-3-7-13-16(14,15)10-5-2-1-4-9(10)8-12/h1-2,4-5,13H,3,6-7H2. The van der Waals surface area contributed by atoms with Gasteiger partial charge in [0.05, 0.1) is 10.5 Å². The molecule has 0 heterocycles. The highest BCUT2D eigenvalue weighted by atomic mass is 79.9. The van der Waals surface area contributed by atoms with E-state index >= 15 is 0 Å². The minimum Gasteiger partial charge on any atom is -0.211 e.